The van der Waals surface area contributed by atoms with Crippen LogP contribution in [0.25, 0.3) is 10.4 Å². The number of rotatable bonds is 3. The van der Waals surface area contributed by atoms with Crippen LogP contribution in [0.2, 0.25) is 0 Å². The van der Waals surface area contributed by atoms with Crippen LogP contribution in [0.4, 0.5) is 0 Å². The zero-order chi connectivity index (χ0) is 13.0. The molecule has 1 saturated heterocycles. The fraction of sp³-hybridized carbons (Fsp3) is 0.875. The van der Waals surface area contributed by atoms with E-state index in [4.69, 9.17) is 10.3 Å². The number of hydrogen-bond donors (Lipinski definition) is 3. The number of hydrogen-bond acceptors (Lipinski definition) is 7. The molecule has 1 aliphatic heterocycles. The van der Waals surface area contributed by atoms with Gasteiger partial charge in [0.15, 0.2) is 6.23 Å². The van der Waals surface area contributed by atoms with Crippen LogP contribution in [-0.2, 0) is 14.3 Å². The minimum atomic E-state index is -1.54. The molecule has 17 heavy (non-hydrogen) atoms. The number of aliphatic hydroxyl groups is 3. The van der Waals surface area contributed by atoms with Crippen LogP contribution in [0, 0.1) is 0 Å². The zero-order valence-electron chi connectivity index (χ0n) is 9.00. The van der Waals surface area contributed by atoms with E-state index in [9.17, 15) is 20.1 Å². The molecule has 0 amide bonds. The predicted octanol–water partition coefficient (Wildman–Crippen LogP) is -1.33. The summed E-state index contributed by atoms with van der Waals surface area (Å²) in [6.07, 6.45) is -6.91. The van der Waals surface area contributed by atoms with Gasteiger partial charge in [0.1, 0.15) is 31.0 Å². The summed E-state index contributed by atoms with van der Waals surface area (Å²) in [5, 5.41) is 31.6. The first-order valence-corrected chi connectivity index (χ1v) is 4.84. The average Bonchev–Trinajstić information content (AvgIpc) is 2.28. The van der Waals surface area contributed by atoms with Crippen molar-refractivity contribution >= 4 is 5.97 Å². The highest BCUT2D eigenvalue weighted by Crippen LogP contribution is 2.22. The molecule has 3 N–H and O–H groups in total. The second-order valence-electron chi connectivity index (χ2n) is 3.54. The van der Waals surface area contributed by atoms with Crippen LogP contribution < -0.4 is 0 Å². The summed E-state index contributed by atoms with van der Waals surface area (Å²) in [6, 6.07) is 0. The highest BCUT2D eigenvalue weighted by molar-refractivity contribution is 5.65. The first-order valence-electron chi connectivity index (χ1n) is 4.84. The SMILES string of the molecule is CC(=O)OC[C@@H]1O[C@H](N=[N+]=[N-])[C@H](O)[C@@H](O)[C@@H]1O. The van der Waals surface area contributed by atoms with Gasteiger partial charge >= 0.3 is 5.97 Å². The number of carbonyl (C=O) groups excluding carboxylic acids is 1. The molecule has 0 aromatic heterocycles. The Kier molecular flexibility index (Phi) is 4.67. The van der Waals surface area contributed by atoms with E-state index in [0.29, 0.717) is 0 Å². The number of carbonyl (C=O) groups is 1. The van der Waals surface area contributed by atoms with Crippen LogP contribution in [0.15, 0.2) is 5.11 Å². The van der Waals surface area contributed by atoms with Gasteiger partial charge in [-0.25, -0.2) is 0 Å². The van der Waals surface area contributed by atoms with E-state index in [1.807, 2.05) is 0 Å². The van der Waals surface area contributed by atoms with Crippen molar-refractivity contribution in [1.29, 1.82) is 0 Å². The first kappa shape index (κ1) is 13.7. The number of azide groups is 1. The average molecular weight is 247 g/mol. The summed E-state index contributed by atoms with van der Waals surface area (Å²) in [4.78, 5) is 13.0. The maximum Gasteiger partial charge on any atom is 0.302 e. The van der Waals surface area contributed by atoms with Gasteiger partial charge in [0.05, 0.1) is 0 Å². The number of esters is 1. The Bertz CT molecular complexity index is 331. The summed E-state index contributed by atoms with van der Waals surface area (Å²) >= 11 is 0. The lowest BCUT2D eigenvalue weighted by atomic mass is 9.99. The Balaban J connectivity index is 2.70. The summed E-state index contributed by atoms with van der Waals surface area (Å²) in [5.74, 6) is -0.582. The molecular weight excluding hydrogens is 234 g/mol. The monoisotopic (exact) mass is 247 g/mol. The first-order chi connectivity index (χ1) is 7.97. The molecule has 0 spiro atoms. The van der Waals surface area contributed by atoms with E-state index in [1.54, 1.807) is 0 Å². The lowest BCUT2D eigenvalue weighted by Gasteiger charge is -2.38. The summed E-state index contributed by atoms with van der Waals surface area (Å²) < 4.78 is 9.62. The molecule has 0 aliphatic carbocycles. The lowest BCUT2D eigenvalue weighted by Crippen LogP contribution is -2.58. The molecule has 0 aromatic carbocycles. The zero-order valence-corrected chi connectivity index (χ0v) is 9.00. The van der Waals surface area contributed by atoms with Gasteiger partial charge in [-0.2, -0.15) is 0 Å². The second kappa shape index (κ2) is 5.80. The summed E-state index contributed by atoms with van der Waals surface area (Å²) in [5.41, 5.74) is 8.23. The van der Waals surface area contributed by atoms with Gasteiger partial charge in [-0.05, 0) is 5.53 Å². The van der Waals surface area contributed by atoms with E-state index >= 15 is 0 Å². The second-order valence-corrected chi connectivity index (χ2v) is 3.54. The quantitative estimate of drug-likeness (QED) is 0.244. The van der Waals surface area contributed by atoms with Gasteiger partial charge in [0.2, 0.25) is 0 Å². The van der Waals surface area contributed by atoms with E-state index in [0.717, 1.165) is 0 Å². The minimum absolute atomic E-state index is 0.308. The predicted molar refractivity (Wildman–Crippen MR) is 52.5 cm³/mol. The third kappa shape index (κ3) is 3.29. The van der Waals surface area contributed by atoms with Gasteiger partial charge in [-0.3, -0.25) is 4.79 Å². The van der Waals surface area contributed by atoms with Crippen molar-refractivity contribution in [2.24, 2.45) is 5.11 Å². The third-order valence-electron chi connectivity index (χ3n) is 2.30. The van der Waals surface area contributed by atoms with Crippen LogP contribution in [-0.4, -0.2) is 58.5 Å². The van der Waals surface area contributed by atoms with Gasteiger partial charge in [0.25, 0.3) is 0 Å². The molecular formula is C8H13N3O6. The van der Waals surface area contributed by atoms with Gasteiger partial charge < -0.3 is 24.8 Å². The van der Waals surface area contributed by atoms with Crippen molar-refractivity contribution < 1.29 is 29.6 Å². The topological polar surface area (TPSA) is 145 Å². The molecule has 0 saturated carbocycles. The normalized spacial score (nSPS) is 37.1. The van der Waals surface area contributed by atoms with E-state index in [2.05, 4.69) is 14.8 Å². The van der Waals surface area contributed by atoms with Crippen molar-refractivity contribution in [3.8, 4) is 0 Å². The van der Waals surface area contributed by atoms with Crippen molar-refractivity contribution in [3.05, 3.63) is 10.4 Å². The smallest absolute Gasteiger partial charge is 0.302 e. The van der Waals surface area contributed by atoms with E-state index in [1.165, 1.54) is 6.92 Å². The van der Waals surface area contributed by atoms with Crippen molar-refractivity contribution in [3.63, 3.8) is 0 Å². The minimum Gasteiger partial charge on any atom is -0.463 e. The van der Waals surface area contributed by atoms with Crippen molar-refractivity contribution in [1.82, 2.24) is 0 Å². The van der Waals surface area contributed by atoms with Crippen molar-refractivity contribution in [2.75, 3.05) is 6.61 Å². The Labute approximate surface area is 96.2 Å². The Morgan fingerprint density at radius 3 is 2.59 bits per heavy atom. The molecule has 0 unspecified atom stereocenters. The largest absolute Gasteiger partial charge is 0.463 e. The number of nitrogens with zero attached hydrogens (tertiary/aromatic N) is 3. The molecule has 0 aromatic rings. The Morgan fingerprint density at radius 1 is 1.41 bits per heavy atom. The van der Waals surface area contributed by atoms with Gasteiger partial charge in [0, 0.05) is 11.8 Å². The Hall–Kier alpha value is -1.38. The fourth-order valence-electron chi connectivity index (χ4n) is 1.41. The number of aliphatic hydroxyl groups excluding tert-OH is 3. The van der Waals surface area contributed by atoms with Gasteiger partial charge in [-0.1, -0.05) is 5.11 Å². The molecule has 96 valence electrons. The molecule has 1 rings (SSSR count). The highest BCUT2D eigenvalue weighted by Gasteiger charge is 2.43. The maximum absolute atomic E-state index is 10.6. The van der Waals surface area contributed by atoms with Crippen LogP contribution >= 0.6 is 0 Å². The van der Waals surface area contributed by atoms with Crippen molar-refractivity contribution in [2.45, 2.75) is 37.6 Å². The summed E-state index contributed by atoms with van der Waals surface area (Å²) in [7, 11) is 0. The van der Waals surface area contributed by atoms with Crippen LogP contribution in [0.1, 0.15) is 6.92 Å². The van der Waals surface area contributed by atoms with Crippen LogP contribution in [0.5, 0.6) is 0 Å². The fourth-order valence-corrected chi connectivity index (χ4v) is 1.41. The molecule has 1 fully saturated rings. The maximum atomic E-state index is 10.6. The standard InChI is InChI=1S/C8H13N3O6/c1-3(12)16-2-4-5(13)6(14)7(15)8(17-4)10-11-9/h4-8,13-15H,2H2,1H3/t4-,5+,6-,7+,8-/m0/s1. The highest BCUT2D eigenvalue weighted by atomic mass is 16.6. The molecule has 0 bridgehead atoms. The third-order valence-corrected chi connectivity index (χ3v) is 2.30. The van der Waals surface area contributed by atoms with E-state index < -0.39 is 36.6 Å². The molecule has 0 radical (unpaired) electrons. The van der Waals surface area contributed by atoms with E-state index in [-0.39, 0.29) is 6.61 Å². The summed E-state index contributed by atoms with van der Waals surface area (Å²) in [6.45, 7) is 0.864. The Morgan fingerprint density at radius 2 is 2.06 bits per heavy atom. The molecule has 1 aliphatic rings. The lowest BCUT2D eigenvalue weighted by molar-refractivity contribution is -0.229. The number of ether oxygens (including phenoxy) is 2. The molecule has 9 nitrogen and oxygen atoms in total. The molecule has 5 atom stereocenters. The molecule has 9 heteroatoms. The van der Waals surface area contributed by atoms with Gasteiger partial charge in [-0.15, -0.1) is 0 Å². The molecule has 1 heterocycles. The van der Waals surface area contributed by atoms with Crippen LogP contribution in [0.3, 0.4) is 0 Å².